The molecule has 0 aliphatic carbocycles. The zero-order valence-electron chi connectivity index (χ0n) is 10.9. The second-order valence-corrected chi connectivity index (χ2v) is 6.50. The van der Waals surface area contributed by atoms with Gasteiger partial charge in [0.15, 0.2) is 0 Å². The SMILES string of the molecule is CC(C)Cc1ccc(S(=O)(=O)Nc2ccn[nH]2)cc1. The van der Waals surface area contributed by atoms with Crippen LogP contribution in [-0.4, -0.2) is 18.6 Å². The topological polar surface area (TPSA) is 74.8 Å². The smallest absolute Gasteiger partial charge is 0.263 e. The number of hydrogen-bond acceptors (Lipinski definition) is 3. The van der Waals surface area contributed by atoms with Gasteiger partial charge in [-0.3, -0.25) is 9.82 Å². The van der Waals surface area contributed by atoms with Gasteiger partial charge in [-0.05, 0) is 30.0 Å². The second kappa shape index (κ2) is 5.44. The Morgan fingerprint density at radius 1 is 1.21 bits per heavy atom. The zero-order chi connectivity index (χ0) is 13.9. The molecule has 0 aliphatic rings. The maximum Gasteiger partial charge on any atom is 0.263 e. The van der Waals surface area contributed by atoms with E-state index in [-0.39, 0.29) is 4.90 Å². The summed E-state index contributed by atoms with van der Waals surface area (Å²) in [5.74, 6) is 0.900. The predicted molar refractivity (Wildman–Crippen MR) is 74.4 cm³/mol. The molecule has 0 atom stereocenters. The Morgan fingerprint density at radius 2 is 1.89 bits per heavy atom. The van der Waals surface area contributed by atoms with E-state index in [1.807, 2.05) is 12.1 Å². The quantitative estimate of drug-likeness (QED) is 0.882. The van der Waals surface area contributed by atoms with Crippen LogP contribution < -0.4 is 4.72 Å². The predicted octanol–water partition coefficient (Wildman–Crippen LogP) is 2.41. The highest BCUT2D eigenvalue weighted by molar-refractivity contribution is 7.92. The van der Waals surface area contributed by atoms with Crippen LogP contribution in [0, 0.1) is 5.92 Å². The van der Waals surface area contributed by atoms with Gasteiger partial charge in [-0.2, -0.15) is 5.10 Å². The van der Waals surface area contributed by atoms with Gasteiger partial charge in [0.2, 0.25) is 0 Å². The second-order valence-electron chi connectivity index (χ2n) is 4.82. The number of sulfonamides is 1. The number of aromatic amines is 1. The average Bonchev–Trinajstić information content (AvgIpc) is 2.81. The third-order valence-electron chi connectivity index (χ3n) is 2.62. The number of nitrogens with one attached hydrogen (secondary N) is 2. The van der Waals surface area contributed by atoms with Crippen LogP contribution in [0.1, 0.15) is 19.4 Å². The van der Waals surface area contributed by atoms with E-state index >= 15 is 0 Å². The molecule has 0 fully saturated rings. The molecule has 0 bridgehead atoms. The fourth-order valence-corrected chi connectivity index (χ4v) is 2.81. The Morgan fingerprint density at radius 3 is 2.42 bits per heavy atom. The van der Waals surface area contributed by atoms with Gasteiger partial charge in [-0.1, -0.05) is 26.0 Å². The Balaban J connectivity index is 2.17. The van der Waals surface area contributed by atoms with E-state index in [0.717, 1.165) is 12.0 Å². The number of aromatic nitrogens is 2. The van der Waals surface area contributed by atoms with Crippen molar-refractivity contribution in [3.63, 3.8) is 0 Å². The normalized spacial score (nSPS) is 11.7. The van der Waals surface area contributed by atoms with Crippen molar-refractivity contribution in [3.05, 3.63) is 42.1 Å². The van der Waals surface area contributed by atoms with Crippen molar-refractivity contribution in [1.29, 1.82) is 0 Å². The molecule has 0 spiro atoms. The minimum absolute atomic E-state index is 0.245. The summed E-state index contributed by atoms with van der Waals surface area (Å²) in [6.07, 6.45) is 2.43. The van der Waals surface area contributed by atoms with Crippen molar-refractivity contribution in [3.8, 4) is 0 Å². The fraction of sp³-hybridized carbons (Fsp3) is 0.308. The molecule has 5 nitrogen and oxygen atoms in total. The van der Waals surface area contributed by atoms with Crippen LogP contribution in [0.2, 0.25) is 0 Å². The zero-order valence-corrected chi connectivity index (χ0v) is 11.7. The van der Waals surface area contributed by atoms with Crippen LogP contribution in [0.15, 0.2) is 41.4 Å². The molecule has 19 heavy (non-hydrogen) atoms. The molecule has 0 amide bonds. The minimum atomic E-state index is -3.55. The summed E-state index contributed by atoms with van der Waals surface area (Å²) in [5.41, 5.74) is 1.13. The van der Waals surface area contributed by atoms with Crippen LogP contribution in [0.4, 0.5) is 5.82 Å². The van der Waals surface area contributed by atoms with Crippen molar-refractivity contribution in [1.82, 2.24) is 10.2 Å². The van der Waals surface area contributed by atoms with Crippen molar-refractivity contribution in [2.24, 2.45) is 5.92 Å². The molecular weight excluding hydrogens is 262 g/mol. The van der Waals surface area contributed by atoms with E-state index in [9.17, 15) is 8.42 Å². The van der Waals surface area contributed by atoms with E-state index in [4.69, 9.17) is 0 Å². The lowest BCUT2D eigenvalue weighted by Crippen LogP contribution is -2.13. The number of nitrogens with zero attached hydrogens (tertiary/aromatic N) is 1. The average molecular weight is 279 g/mol. The van der Waals surface area contributed by atoms with Crippen LogP contribution in [0.3, 0.4) is 0 Å². The molecule has 0 saturated carbocycles. The van der Waals surface area contributed by atoms with Gasteiger partial charge in [-0.15, -0.1) is 0 Å². The lowest BCUT2D eigenvalue weighted by atomic mass is 10.0. The molecule has 0 saturated heterocycles. The lowest BCUT2D eigenvalue weighted by Gasteiger charge is -2.08. The van der Waals surface area contributed by atoms with Crippen molar-refractivity contribution in [2.75, 3.05) is 4.72 Å². The summed E-state index contributed by atoms with van der Waals surface area (Å²) in [7, 11) is -3.55. The van der Waals surface area contributed by atoms with Crippen LogP contribution in [-0.2, 0) is 16.4 Å². The van der Waals surface area contributed by atoms with Gasteiger partial charge >= 0.3 is 0 Å². The molecule has 6 heteroatoms. The van der Waals surface area contributed by atoms with Crippen molar-refractivity contribution in [2.45, 2.75) is 25.2 Å². The van der Waals surface area contributed by atoms with Crippen LogP contribution in [0.25, 0.3) is 0 Å². The highest BCUT2D eigenvalue weighted by Gasteiger charge is 2.14. The number of H-pyrrole nitrogens is 1. The molecule has 2 aromatic rings. The first-order valence-electron chi connectivity index (χ1n) is 6.08. The van der Waals surface area contributed by atoms with Crippen LogP contribution >= 0.6 is 0 Å². The van der Waals surface area contributed by atoms with Gasteiger partial charge in [0.05, 0.1) is 11.1 Å². The number of anilines is 1. The summed E-state index contributed by atoms with van der Waals surface area (Å²) >= 11 is 0. The monoisotopic (exact) mass is 279 g/mol. The van der Waals surface area contributed by atoms with E-state index in [2.05, 4.69) is 28.8 Å². The molecule has 2 N–H and O–H groups in total. The van der Waals surface area contributed by atoms with Gasteiger partial charge in [0.1, 0.15) is 5.82 Å². The standard InChI is InChI=1S/C13H17N3O2S/c1-10(2)9-11-3-5-12(6-4-11)19(17,18)16-13-7-8-14-15-13/h3-8,10H,9H2,1-2H3,(H2,14,15,16). The fourth-order valence-electron chi connectivity index (χ4n) is 1.79. The summed E-state index contributed by atoms with van der Waals surface area (Å²) < 4.78 is 26.6. The third-order valence-corrected chi connectivity index (χ3v) is 4.00. The maximum atomic E-state index is 12.1. The van der Waals surface area contributed by atoms with E-state index in [1.54, 1.807) is 18.2 Å². The molecule has 0 unspecified atom stereocenters. The van der Waals surface area contributed by atoms with Gasteiger partial charge in [0.25, 0.3) is 10.0 Å². The van der Waals surface area contributed by atoms with Crippen molar-refractivity contribution >= 4 is 15.8 Å². The maximum absolute atomic E-state index is 12.1. The minimum Gasteiger partial charge on any atom is -0.264 e. The summed E-state index contributed by atoms with van der Waals surface area (Å²) in [4.78, 5) is 0.245. The Kier molecular flexibility index (Phi) is 3.90. The Bertz CT molecular complexity index is 616. The molecule has 2 rings (SSSR count). The highest BCUT2D eigenvalue weighted by Crippen LogP contribution is 2.16. The molecule has 1 heterocycles. The molecule has 1 aromatic heterocycles. The van der Waals surface area contributed by atoms with E-state index in [0.29, 0.717) is 11.7 Å². The van der Waals surface area contributed by atoms with Crippen LogP contribution in [0.5, 0.6) is 0 Å². The van der Waals surface area contributed by atoms with Crippen molar-refractivity contribution < 1.29 is 8.42 Å². The Labute approximate surface area is 113 Å². The summed E-state index contributed by atoms with van der Waals surface area (Å²) in [6, 6.07) is 8.50. The van der Waals surface area contributed by atoms with E-state index < -0.39 is 10.0 Å². The summed E-state index contributed by atoms with van der Waals surface area (Å²) in [5, 5.41) is 6.26. The molecule has 0 aliphatic heterocycles. The lowest BCUT2D eigenvalue weighted by molar-refractivity contribution is 0.601. The van der Waals surface area contributed by atoms with Gasteiger partial charge < -0.3 is 0 Å². The largest absolute Gasteiger partial charge is 0.264 e. The van der Waals surface area contributed by atoms with Gasteiger partial charge in [0, 0.05) is 6.07 Å². The number of rotatable bonds is 5. The third kappa shape index (κ3) is 3.57. The summed E-state index contributed by atoms with van der Waals surface area (Å²) in [6.45, 7) is 4.26. The highest BCUT2D eigenvalue weighted by atomic mass is 32.2. The Hall–Kier alpha value is -1.82. The first-order chi connectivity index (χ1) is 8.97. The van der Waals surface area contributed by atoms with Gasteiger partial charge in [-0.25, -0.2) is 8.42 Å². The number of hydrogen-bond donors (Lipinski definition) is 2. The first-order valence-corrected chi connectivity index (χ1v) is 7.57. The molecule has 102 valence electrons. The first kappa shape index (κ1) is 13.6. The number of benzene rings is 1. The molecule has 0 radical (unpaired) electrons. The molecule has 1 aromatic carbocycles. The van der Waals surface area contributed by atoms with E-state index in [1.165, 1.54) is 6.20 Å². The molecular formula is C13H17N3O2S.